The van der Waals surface area contributed by atoms with Crippen molar-refractivity contribution in [1.29, 1.82) is 0 Å². The van der Waals surface area contributed by atoms with Gasteiger partial charge in [0.2, 0.25) is 0 Å². The van der Waals surface area contributed by atoms with Crippen molar-refractivity contribution in [2.45, 2.75) is 43.9 Å². The lowest BCUT2D eigenvalue weighted by Crippen LogP contribution is -2.48. The standard InChI is InChI=1S/C13H17NO2S/c1-16-12-6-10-2-3-11(7-12)14(10)13(15)9-4-5-17-8-9/h4-5,8,10-12H,2-3,6-7H2,1H3. The first kappa shape index (κ1) is 11.2. The summed E-state index contributed by atoms with van der Waals surface area (Å²) in [6, 6.07) is 2.71. The first-order valence-corrected chi connectivity index (χ1v) is 7.11. The molecular weight excluding hydrogens is 234 g/mol. The molecule has 0 saturated carbocycles. The molecule has 0 radical (unpaired) electrons. The van der Waals surface area contributed by atoms with Gasteiger partial charge in [0.1, 0.15) is 0 Å². The van der Waals surface area contributed by atoms with E-state index in [1.54, 1.807) is 18.4 Å². The van der Waals surface area contributed by atoms with E-state index in [0.717, 1.165) is 31.2 Å². The molecular formula is C13H17NO2S. The number of hydrogen-bond acceptors (Lipinski definition) is 3. The summed E-state index contributed by atoms with van der Waals surface area (Å²) >= 11 is 1.59. The minimum absolute atomic E-state index is 0.216. The number of piperidine rings is 1. The van der Waals surface area contributed by atoms with Crippen LogP contribution in [0.3, 0.4) is 0 Å². The molecule has 2 aliphatic rings. The second kappa shape index (κ2) is 4.42. The third-order valence-corrected chi connectivity index (χ3v) is 4.71. The topological polar surface area (TPSA) is 29.5 Å². The number of nitrogens with zero attached hydrogens (tertiary/aromatic N) is 1. The van der Waals surface area contributed by atoms with E-state index >= 15 is 0 Å². The molecule has 2 saturated heterocycles. The Labute approximate surface area is 105 Å². The van der Waals surface area contributed by atoms with Gasteiger partial charge in [0.25, 0.3) is 5.91 Å². The van der Waals surface area contributed by atoms with Crippen molar-refractivity contribution in [3.8, 4) is 0 Å². The molecule has 17 heavy (non-hydrogen) atoms. The van der Waals surface area contributed by atoms with Crippen molar-refractivity contribution in [2.75, 3.05) is 7.11 Å². The smallest absolute Gasteiger partial charge is 0.255 e. The van der Waals surface area contributed by atoms with Gasteiger partial charge in [0, 0.05) is 24.6 Å². The van der Waals surface area contributed by atoms with Crippen LogP contribution in [0.1, 0.15) is 36.0 Å². The number of carbonyl (C=O) groups excluding carboxylic acids is 1. The van der Waals surface area contributed by atoms with Gasteiger partial charge < -0.3 is 9.64 Å². The van der Waals surface area contributed by atoms with Crippen LogP contribution < -0.4 is 0 Å². The normalized spacial score (nSPS) is 31.8. The molecule has 4 heteroatoms. The Morgan fingerprint density at radius 1 is 1.41 bits per heavy atom. The van der Waals surface area contributed by atoms with Crippen molar-refractivity contribution in [3.05, 3.63) is 22.4 Å². The molecule has 1 aromatic rings. The molecule has 0 aliphatic carbocycles. The Bertz CT molecular complexity index is 390. The molecule has 0 aromatic carbocycles. The van der Waals surface area contributed by atoms with E-state index in [4.69, 9.17) is 4.74 Å². The molecule has 2 fully saturated rings. The lowest BCUT2D eigenvalue weighted by Gasteiger charge is -2.38. The van der Waals surface area contributed by atoms with E-state index in [1.165, 1.54) is 0 Å². The van der Waals surface area contributed by atoms with Gasteiger partial charge in [-0.05, 0) is 37.1 Å². The van der Waals surface area contributed by atoms with Crippen LogP contribution in [0.15, 0.2) is 16.8 Å². The zero-order valence-corrected chi connectivity index (χ0v) is 10.8. The second-order valence-electron chi connectivity index (χ2n) is 4.94. The Morgan fingerprint density at radius 3 is 2.65 bits per heavy atom. The van der Waals surface area contributed by atoms with Crippen LogP contribution >= 0.6 is 11.3 Å². The number of methoxy groups -OCH3 is 1. The van der Waals surface area contributed by atoms with E-state index in [9.17, 15) is 4.79 Å². The van der Waals surface area contributed by atoms with Crippen LogP contribution in [0.2, 0.25) is 0 Å². The highest BCUT2D eigenvalue weighted by Gasteiger charge is 2.43. The van der Waals surface area contributed by atoms with Crippen LogP contribution in [0, 0.1) is 0 Å². The van der Waals surface area contributed by atoms with Gasteiger partial charge in [-0.15, -0.1) is 0 Å². The number of amides is 1. The first-order valence-electron chi connectivity index (χ1n) is 6.17. The van der Waals surface area contributed by atoms with Crippen LogP contribution in [-0.2, 0) is 4.74 Å². The van der Waals surface area contributed by atoms with Gasteiger partial charge in [-0.2, -0.15) is 11.3 Å². The summed E-state index contributed by atoms with van der Waals surface area (Å²) < 4.78 is 5.45. The third-order valence-electron chi connectivity index (χ3n) is 4.03. The second-order valence-corrected chi connectivity index (χ2v) is 5.72. The molecule has 3 heterocycles. The summed E-state index contributed by atoms with van der Waals surface area (Å²) in [6.45, 7) is 0. The molecule has 2 aliphatic heterocycles. The molecule has 2 bridgehead atoms. The van der Waals surface area contributed by atoms with Gasteiger partial charge in [-0.1, -0.05) is 0 Å². The summed E-state index contributed by atoms with van der Waals surface area (Å²) in [5.74, 6) is 0.216. The maximum Gasteiger partial charge on any atom is 0.255 e. The zero-order chi connectivity index (χ0) is 11.8. The average molecular weight is 251 g/mol. The molecule has 92 valence electrons. The molecule has 1 amide bonds. The van der Waals surface area contributed by atoms with Crippen LogP contribution in [-0.4, -0.2) is 36.1 Å². The molecule has 2 unspecified atom stereocenters. The lowest BCUT2D eigenvalue weighted by atomic mass is 9.99. The van der Waals surface area contributed by atoms with E-state index in [0.29, 0.717) is 18.2 Å². The molecule has 0 spiro atoms. The Balaban J connectivity index is 1.79. The Morgan fingerprint density at radius 2 is 2.12 bits per heavy atom. The number of carbonyl (C=O) groups is 1. The van der Waals surface area contributed by atoms with E-state index in [1.807, 2.05) is 16.8 Å². The minimum Gasteiger partial charge on any atom is -0.381 e. The third kappa shape index (κ3) is 1.89. The monoisotopic (exact) mass is 251 g/mol. The predicted molar refractivity (Wildman–Crippen MR) is 67.3 cm³/mol. The lowest BCUT2D eigenvalue weighted by molar-refractivity contribution is 0.00825. The van der Waals surface area contributed by atoms with Crippen LogP contribution in [0.25, 0.3) is 0 Å². The van der Waals surface area contributed by atoms with Crippen molar-refractivity contribution in [3.63, 3.8) is 0 Å². The fourth-order valence-corrected chi connectivity index (χ4v) is 3.82. The largest absolute Gasteiger partial charge is 0.381 e. The predicted octanol–water partition coefficient (Wildman–Crippen LogP) is 2.53. The first-order chi connectivity index (χ1) is 8.29. The average Bonchev–Trinajstić information content (AvgIpc) is 2.95. The molecule has 3 rings (SSSR count). The van der Waals surface area contributed by atoms with Crippen molar-refractivity contribution < 1.29 is 9.53 Å². The summed E-state index contributed by atoms with van der Waals surface area (Å²) in [5, 5.41) is 3.92. The highest BCUT2D eigenvalue weighted by atomic mass is 32.1. The highest BCUT2D eigenvalue weighted by Crippen LogP contribution is 2.37. The Hall–Kier alpha value is -0.870. The SMILES string of the molecule is COC1CC2CCC(C1)N2C(=O)c1ccsc1. The van der Waals surface area contributed by atoms with Crippen molar-refractivity contribution in [1.82, 2.24) is 4.90 Å². The molecule has 3 nitrogen and oxygen atoms in total. The molecule has 1 aromatic heterocycles. The summed E-state index contributed by atoms with van der Waals surface area (Å²) in [5.41, 5.74) is 0.850. The number of rotatable bonds is 2. The summed E-state index contributed by atoms with van der Waals surface area (Å²) in [7, 11) is 1.78. The van der Waals surface area contributed by atoms with E-state index in [2.05, 4.69) is 4.90 Å². The molecule has 0 N–H and O–H groups in total. The van der Waals surface area contributed by atoms with Gasteiger partial charge in [0.05, 0.1) is 11.7 Å². The van der Waals surface area contributed by atoms with Gasteiger partial charge in [-0.25, -0.2) is 0 Å². The number of fused-ring (bicyclic) bond motifs is 2. The Kier molecular flexibility index (Phi) is 2.92. The van der Waals surface area contributed by atoms with Gasteiger partial charge in [-0.3, -0.25) is 4.79 Å². The maximum absolute atomic E-state index is 12.4. The fraction of sp³-hybridized carbons (Fsp3) is 0.615. The zero-order valence-electron chi connectivity index (χ0n) is 9.96. The quantitative estimate of drug-likeness (QED) is 0.808. The number of ether oxygens (including phenoxy) is 1. The van der Waals surface area contributed by atoms with Crippen molar-refractivity contribution >= 4 is 17.2 Å². The highest BCUT2D eigenvalue weighted by molar-refractivity contribution is 7.08. The number of hydrogen-bond donors (Lipinski definition) is 0. The number of thiophene rings is 1. The van der Waals surface area contributed by atoms with Gasteiger partial charge in [0.15, 0.2) is 0 Å². The maximum atomic E-state index is 12.4. The van der Waals surface area contributed by atoms with Crippen LogP contribution in [0.4, 0.5) is 0 Å². The van der Waals surface area contributed by atoms with E-state index in [-0.39, 0.29) is 5.91 Å². The summed E-state index contributed by atoms with van der Waals surface area (Å²) in [6.07, 6.45) is 4.63. The van der Waals surface area contributed by atoms with E-state index < -0.39 is 0 Å². The summed E-state index contributed by atoms with van der Waals surface area (Å²) in [4.78, 5) is 14.5. The fourth-order valence-electron chi connectivity index (χ4n) is 3.19. The van der Waals surface area contributed by atoms with Crippen LogP contribution in [0.5, 0.6) is 0 Å². The molecule has 2 atom stereocenters. The van der Waals surface area contributed by atoms with Gasteiger partial charge >= 0.3 is 0 Å². The minimum atomic E-state index is 0.216. The van der Waals surface area contributed by atoms with Crippen molar-refractivity contribution in [2.24, 2.45) is 0 Å².